The predicted octanol–water partition coefficient (Wildman–Crippen LogP) is 0.571. The van der Waals surface area contributed by atoms with E-state index in [0.29, 0.717) is 12.8 Å². The number of hydrogen-bond acceptors (Lipinski definition) is 4. The standard InChI is InChI=1S/C12H21NO5S/c1-2-19(17,18)8-11(14)13-10-7-5-3-4-6-9(10)12(15)16/h9-10H,2-8H2,1H3,(H,13,14)(H,15,16)/t9-,10+/m1/s1. The molecule has 2 atom stereocenters. The van der Waals surface area contributed by atoms with Crippen LogP contribution in [0.5, 0.6) is 0 Å². The van der Waals surface area contributed by atoms with Crippen LogP contribution in [0.25, 0.3) is 0 Å². The minimum atomic E-state index is -3.38. The number of amides is 1. The average Bonchev–Trinajstić information content (AvgIpc) is 2.53. The highest BCUT2D eigenvalue weighted by molar-refractivity contribution is 7.92. The molecule has 0 aromatic rings. The normalized spacial score (nSPS) is 24.5. The quantitative estimate of drug-likeness (QED) is 0.721. The highest BCUT2D eigenvalue weighted by Crippen LogP contribution is 2.23. The molecule has 0 saturated heterocycles. The molecule has 0 aromatic carbocycles. The molecule has 19 heavy (non-hydrogen) atoms. The Morgan fingerprint density at radius 3 is 2.42 bits per heavy atom. The van der Waals surface area contributed by atoms with Gasteiger partial charge in [-0.25, -0.2) is 8.42 Å². The minimum Gasteiger partial charge on any atom is -0.481 e. The number of carbonyl (C=O) groups excluding carboxylic acids is 1. The van der Waals surface area contributed by atoms with Crippen molar-refractivity contribution < 1.29 is 23.1 Å². The maximum atomic E-state index is 11.7. The molecule has 0 aliphatic heterocycles. The zero-order valence-corrected chi connectivity index (χ0v) is 11.9. The van der Waals surface area contributed by atoms with Crippen molar-refractivity contribution in [2.75, 3.05) is 11.5 Å². The van der Waals surface area contributed by atoms with Gasteiger partial charge in [-0.15, -0.1) is 0 Å². The van der Waals surface area contributed by atoms with Crippen LogP contribution in [-0.2, 0) is 19.4 Å². The number of carboxylic acid groups (broad SMARTS) is 1. The Bertz CT molecular complexity index is 431. The van der Waals surface area contributed by atoms with Crippen LogP contribution in [0.15, 0.2) is 0 Å². The van der Waals surface area contributed by atoms with E-state index < -0.39 is 39.4 Å². The maximum Gasteiger partial charge on any atom is 0.308 e. The number of carbonyl (C=O) groups is 2. The second-order valence-corrected chi connectivity index (χ2v) is 7.29. The van der Waals surface area contributed by atoms with Crippen LogP contribution in [0.2, 0.25) is 0 Å². The van der Waals surface area contributed by atoms with E-state index in [-0.39, 0.29) is 5.75 Å². The number of carboxylic acids is 1. The summed E-state index contributed by atoms with van der Waals surface area (Å²) >= 11 is 0. The average molecular weight is 291 g/mol. The lowest BCUT2D eigenvalue weighted by Gasteiger charge is -2.22. The molecule has 0 radical (unpaired) electrons. The van der Waals surface area contributed by atoms with Crippen LogP contribution in [0, 0.1) is 5.92 Å². The van der Waals surface area contributed by atoms with Crippen molar-refractivity contribution in [1.29, 1.82) is 0 Å². The molecule has 1 amide bonds. The molecule has 7 heteroatoms. The molecule has 110 valence electrons. The SMILES string of the molecule is CCS(=O)(=O)CC(=O)N[C@H]1CCCCC[C@H]1C(=O)O. The zero-order valence-electron chi connectivity index (χ0n) is 11.1. The minimum absolute atomic E-state index is 0.0898. The van der Waals surface area contributed by atoms with Gasteiger partial charge in [0.1, 0.15) is 5.75 Å². The Labute approximate surface area is 113 Å². The Kier molecular flexibility index (Phi) is 5.78. The third-order valence-electron chi connectivity index (χ3n) is 3.47. The third kappa shape index (κ3) is 5.18. The fourth-order valence-electron chi connectivity index (χ4n) is 2.33. The fraction of sp³-hybridized carbons (Fsp3) is 0.833. The van der Waals surface area contributed by atoms with Crippen molar-refractivity contribution in [3.8, 4) is 0 Å². The van der Waals surface area contributed by atoms with Gasteiger partial charge >= 0.3 is 5.97 Å². The number of nitrogens with one attached hydrogen (secondary N) is 1. The molecule has 0 aromatic heterocycles. The fourth-order valence-corrected chi connectivity index (χ4v) is 3.01. The summed E-state index contributed by atoms with van der Waals surface area (Å²) in [6.07, 6.45) is 3.75. The zero-order chi connectivity index (χ0) is 14.5. The molecule has 1 fully saturated rings. The summed E-state index contributed by atoms with van der Waals surface area (Å²) in [6, 6.07) is -0.459. The number of aliphatic carboxylic acids is 1. The van der Waals surface area contributed by atoms with Crippen molar-refractivity contribution in [1.82, 2.24) is 5.32 Å². The first-order chi connectivity index (χ1) is 8.85. The summed E-state index contributed by atoms with van der Waals surface area (Å²) in [6.45, 7) is 1.48. The molecule has 0 bridgehead atoms. The lowest BCUT2D eigenvalue weighted by atomic mass is 9.95. The summed E-state index contributed by atoms with van der Waals surface area (Å²) in [7, 11) is -3.38. The van der Waals surface area contributed by atoms with Crippen LogP contribution in [-0.4, -0.2) is 42.9 Å². The molecule has 0 heterocycles. The highest BCUT2D eigenvalue weighted by Gasteiger charge is 2.31. The molecular formula is C12H21NO5S. The first-order valence-corrected chi connectivity index (χ1v) is 8.40. The molecular weight excluding hydrogens is 270 g/mol. The molecule has 0 spiro atoms. The monoisotopic (exact) mass is 291 g/mol. The van der Waals surface area contributed by atoms with Gasteiger partial charge in [0.25, 0.3) is 0 Å². The second-order valence-electron chi connectivity index (χ2n) is 4.93. The lowest BCUT2D eigenvalue weighted by Crippen LogP contribution is -2.45. The van der Waals surface area contributed by atoms with Crippen molar-refractivity contribution >= 4 is 21.7 Å². The van der Waals surface area contributed by atoms with E-state index >= 15 is 0 Å². The molecule has 1 aliphatic rings. The van der Waals surface area contributed by atoms with Gasteiger partial charge in [-0.05, 0) is 12.8 Å². The van der Waals surface area contributed by atoms with Crippen LogP contribution < -0.4 is 5.32 Å². The number of hydrogen-bond donors (Lipinski definition) is 2. The Morgan fingerprint density at radius 2 is 1.84 bits per heavy atom. The summed E-state index contributed by atoms with van der Waals surface area (Å²) < 4.78 is 22.7. The van der Waals surface area contributed by atoms with E-state index in [2.05, 4.69) is 5.32 Å². The van der Waals surface area contributed by atoms with Crippen LogP contribution in [0.1, 0.15) is 39.0 Å². The third-order valence-corrected chi connectivity index (χ3v) is 5.05. The van der Waals surface area contributed by atoms with Crippen LogP contribution in [0.3, 0.4) is 0 Å². The highest BCUT2D eigenvalue weighted by atomic mass is 32.2. The predicted molar refractivity (Wildman–Crippen MR) is 70.5 cm³/mol. The topological polar surface area (TPSA) is 101 Å². The van der Waals surface area contributed by atoms with E-state index in [0.717, 1.165) is 19.3 Å². The second kappa shape index (κ2) is 6.88. The van der Waals surface area contributed by atoms with Gasteiger partial charge in [0.2, 0.25) is 5.91 Å². The van der Waals surface area contributed by atoms with E-state index in [1.807, 2.05) is 0 Å². The number of sulfone groups is 1. The van der Waals surface area contributed by atoms with E-state index in [1.165, 1.54) is 6.92 Å². The molecule has 2 N–H and O–H groups in total. The van der Waals surface area contributed by atoms with Crippen molar-refractivity contribution in [3.05, 3.63) is 0 Å². The first kappa shape index (κ1) is 15.9. The van der Waals surface area contributed by atoms with Gasteiger partial charge in [0, 0.05) is 11.8 Å². The van der Waals surface area contributed by atoms with Gasteiger partial charge in [-0.1, -0.05) is 26.2 Å². The molecule has 1 rings (SSSR count). The number of rotatable bonds is 5. The summed E-state index contributed by atoms with van der Waals surface area (Å²) in [4.78, 5) is 22.9. The van der Waals surface area contributed by atoms with Gasteiger partial charge in [0.15, 0.2) is 9.84 Å². The lowest BCUT2D eigenvalue weighted by molar-refractivity contribution is -0.143. The molecule has 1 aliphatic carbocycles. The molecule has 0 unspecified atom stereocenters. The van der Waals surface area contributed by atoms with Gasteiger partial charge < -0.3 is 10.4 Å². The molecule has 6 nitrogen and oxygen atoms in total. The van der Waals surface area contributed by atoms with Gasteiger partial charge in [-0.2, -0.15) is 0 Å². The van der Waals surface area contributed by atoms with E-state index in [9.17, 15) is 18.0 Å². The van der Waals surface area contributed by atoms with Crippen molar-refractivity contribution in [3.63, 3.8) is 0 Å². The molecule has 1 saturated carbocycles. The summed E-state index contributed by atoms with van der Waals surface area (Å²) in [5, 5.41) is 11.7. The Hall–Kier alpha value is -1.11. The Morgan fingerprint density at radius 1 is 1.21 bits per heavy atom. The summed E-state index contributed by atoms with van der Waals surface area (Å²) in [5.41, 5.74) is 0. The first-order valence-electron chi connectivity index (χ1n) is 6.58. The van der Waals surface area contributed by atoms with Crippen molar-refractivity contribution in [2.24, 2.45) is 5.92 Å². The van der Waals surface area contributed by atoms with Gasteiger partial charge in [-0.3, -0.25) is 9.59 Å². The largest absolute Gasteiger partial charge is 0.481 e. The smallest absolute Gasteiger partial charge is 0.308 e. The maximum absolute atomic E-state index is 11.7. The Balaban J connectivity index is 2.66. The van der Waals surface area contributed by atoms with Crippen molar-refractivity contribution in [2.45, 2.75) is 45.1 Å². The van der Waals surface area contributed by atoms with E-state index in [1.54, 1.807) is 0 Å². The van der Waals surface area contributed by atoms with Crippen LogP contribution >= 0.6 is 0 Å². The van der Waals surface area contributed by atoms with E-state index in [4.69, 9.17) is 5.11 Å². The van der Waals surface area contributed by atoms with Gasteiger partial charge in [0.05, 0.1) is 5.92 Å². The summed E-state index contributed by atoms with van der Waals surface area (Å²) in [5.74, 6) is -2.79. The van der Waals surface area contributed by atoms with Crippen LogP contribution in [0.4, 0.5) is 0 Å².